The lowest BCUT2D eigenvalue weighted by Crippen LogP contribution is -2.24. The van der Waals surface area contributed by atoms with Gasteiger partial charge in [-0.2, -0.15) is 5.10 Å². The molecular formula is C11H21N3O. The number of ether oxygens (including phenoxy) is 1. The molecule has 4 heteroatoms. The third kappa shape index (κ3) is 3.64. The fraction of sp³-hybridized carbons (Fsp3) is 0.727. The van der Waals surface area contributed by atoms with Crippen molar-refractivity contribution in [3.8, 4) is 0 Å². The van der Waals surface area contributed by atoms with Gasteiger partial charge < -0.3 is 10.1 Å². The highest BCUT2D eigenvalue weighted by molar-refractivity contribution is 5.06. The molecule has 0 aromatic carbocycles. The molecule has 0 aliphatic rings. The summed E-state index contributed by atoms with van der Waals surface area (Å²) in [4.78, 5) is 0. The molecule has 86 valence electrons. The highest BCUT2D eigenvalue weighted by Gasteiger charge is 2.12. The Labute approximate surface area is 91.6 Å². The van der Waals surface area contributed by atoms with Gasteiger partial charge in [-0.15, -0.1) is 0 Å². The number of aromatic nitrogens is 2. The van der Waals surface area contributed by atoms with E-state index in [2.05, 4.69) is 23.4 Å². The van der Waals surface area contributed by atoms with Gasteiger partial charge in [-0.25, -0.2) is 0 Å². The maximum atomic E-state index is 5.38. The predicted octanol–water partition coefficient (Wildman–Crippen LogP) is 1.50. The highest BCUT2D eigenvalue weighted by atomic mass is 16.5. The van der Waals surface area contributed by atoms with Crippen LogP contribution in [0.25, 0.3) is 0 Å². The van der Waals surface area contributed by atoms with Crippen molar-refractivity contribution < 1.29 is 4.74 Å². The van der Waals surface area contributed by atoms with Gasteiger partial charge in [0.1, 0.15) is 0 Å². The van der Waals surface area contributed by atoms with E-state index in [0.29, 0.717) is 6.04 Å². The van der Waals surface area contributed by atoms with Crippen LogP contribution >= 0.6 is 0 Å². The van der Waals surface area contributed by atoms with Crippen LogP contribution < -0.4 is 5.32 Å². The SMILES string of the molecule is CCNC(CCOCC)c1ccnn1C. The smallest absolute Gasteiger partial charge is 0.0551 e. The Morgan fingerprint density at radius 3 is 2.87 bits per heavy atom. The molecule has 1 N–H and O–H groups in total. The minimum atomic E-state index is 0.342. The number of hydrogen-bond donors (Lipinski definition) is 1. The van der Waals surface area contributed by atoms with Gasteiger partial charge in [-0.3, -0.25) is 4.68 Å². The third-order valence-electron chi connectivity index (χ3n) is 2.42. The monoisotopic (exact) mass is 211 g/mol. The van der Waals surface area contributed by atoms with Crippen LogP contribution in [0.5, 0.6) is 0 Å². The molecule has 0 fully saturated rings. The summed E-state index contributed by atoms with van der Waals surface area (Å²) in [5.74, 6) is 0. The summed E-state index contributed by atoms with van der Waals surface area (Å²) in [6.45, 7) is 6.67. The second-order valence-electron chi connectivity index (χ2n) is 3.48. The molecule has 0 bridgehead atoms. The maximum Gasteiger partial charge on any atom is 0.0551 e. The summed E-state index contributed by atoms with van der Waals surface area (Å²) in [5, 5.41) is 7.63. The van der Waals surface area contributed by atoms with Crippen molar-refractivity contribution in [2.75, 3.05) is 19.8 Å². The van der Waals surface area contributed by atoms with Crippen LogP contribution in [0.1, 0.15) is 32.0 Å². The summed E-state index contributed by atoms with van der Waals surface area (Å²) < 4.78 is 7.29. The van der Waals surface area contributed by atoms with Crippen molar-refractivity contribution in [3.63, 3.8) is 0 Å². The Bertz CT molecular complexity index is 273. The van der Waals surface area contributed by atoms with Crippen LogP contribution in [0.15, 0.2) is 12.3 Å². The van der Waals surface area contributed by atoms with Gasteiger partial charge in [0.25, 0.3) is 0 Å². The zero-order valence-corrected chi connectivity index (χ0v) is 9.86. The molecule has 1 heterocycles. The number of aryl methyl sites for hydroxylation is 1. The minimum absolute atomic E-state index is 0.342. The Hall–Kier alpha value is -0.870. The van der Waals surface area contributed by atoms with E-state index in [9.17, 15) is 0 Å². The fourth-order valence-electron chi connectivity index (χ4n) is 1.67. The summed E-state index contributed by atoms with van der Waals surface area (Å²) in [7, 11) is 1.97. The maximum absolute atomic E-state index is 5.38. The summed E-state index contributed by atoms with van der Waals surface area (Å²) in [5.41, 5.74) is 1.22. The second-order valence-corrected chi connectivity index (χ2v) is 3.48. The third-order valence-corrected chi connectivity index (χ3v) is 2.42. The lowest BCUT2D eigenvalue weighted by Gasteiger charge is -2.17. The van der Waals surface area contributed by atoms with Crippen molar-refractivity contribution in [2.45, 2.75) is 26.3 Å². The van der Waals surface area contributed by atoms with Crippen molar-refractivity contribution in [1.29, 1.82) is 0 Å². The lowest BCUT2D eigenvalue weighted by molar-refractivity contribution is 0.135. The van der Waals surface area contributed by atoms with Crippen LogP contribution in [0.4, 0.5) is 0 Å². The van der Waals surface area contributed by atoms with E-state index in [0.717, 1.165) is 26.2 Å². The molecule has 0 saturated carbocycles. The largest absolute Gasteiger partial charge is 0.382 e. The molecule has 1 aromatic heterocycles. The molecule has 4 nitrogen and oxygen atoms in total. The van der Waals surface area contributed by atoms with Crippen molar-refractivity contribution in [3.05, 3.63) is 18.0 Å². The molecular weight excluding hydrogens is 190 g/mol. The molecule has 0 saturated heterocycles. The van der Waals surface area contributed by atoms with Gasteiger partial charge in [0.15, 0.2) is 0 Å². The van der Waals surface area contributed by atoms with Gasteiger partial charge >= 0.3 is 0 Å². The minimum Gasteiger partial charge on any atom is -0.382 e. The first kappa shape index (κ1) is 12.2. The highest BCUT2D eigenvalue weighted by Crippen LogP contribution is 2.15. The summed E-state index contributed by atoms with van der Waals surface area (Å²) in [6, 6.07) is 2.40. The van der Waals surface area contributed by atoms with Crippen molar-refractivity contribution >= 4 is 0 Å². The normalized spacial score (nSPS) is 13.0. The van der Waals surface area contributed by atoms with E-state index in [4.69, 9.17) is 4.74 Å². The fourth-order valence-corrected chi connectivity index (χ4v) is 1.67. The molecule has 1 unspecified atom stereocenters. The zero-order valence-electron chi connectivity index (χ0n) is 9.86. The zero-order chi connectivity index (χ0) is 11.1. The lowest BCUT2D eigenvalue weighted by atomic mass is 10.1. The molecule has 1 aromatic rings. The summed E-state index contributed by atoms with van der Waals surface area (Å²) in [6.07, 6.45) is 2.82. The second kappa shape index (κ2) is 6.58. The van der Waals surface area contributed by atoms with Crippen LogP contribution in [0, 0.1) is 0 Å². The standard InChI is InChI=1S/C11H21N3O/c1-4-12-10(7-9-15-5-2)11-6-8-13-14(11)3/h6,8,10,12H,4-5,7,9H2,1-3H3. The van der Waals surface area contributed by atoms with Crippen molar-refractivity contribution in [1.82, 2.24) is 15.1 Å². The van der Waals surface area contributed by atoms with E-state index in [1.807, 2.05) is 24.9 Å². The number of rotatable bonds is 7. The predicted molar refractivity (Wildman–Crippen MR) is 60.7 cm³/mol. The number of nitrogens with zero attached hydrogens (tertiary/aromatic N) is 2. The van der Waals surface area contributed by atoms with Crippen LogP contribution in [-0.4, -0.2) is 29.5 Å². The van der Waals surface area contributed by atoms with Crippen LogP contribution in [0.3, 0.4) is 0 Å². The Morgan fingerprint density at radius 1 is 1.53 bits per heavy atom. The first-order valence-corrected chi connectivity index (χ1v) is 5.58. The summed E-state index contributed by atoms with van der Waals surface area (Å²) >= 11 is 0. The van der Waals surface area contributed by atoms with E-state index < -0.39 is 0 Å². The van der Waals surface area contributed by atoms with Gasteiger partial charge in [-0.1, -0.05) is 6.92 Å². The first-order chi connectivity index (χ1) is 7.29. The Balaban J connectivity index is 2.53. The van der Waals surface area contributed by atoms with Gasteiger partial charge in [-0.05, 0) is 26.0 Å². The van der Waals surface area contributed by atoms with Gasteiger partial charge in [0.2, 0.25) is 0 Å². The van der Waals surface area contributed by atoms with Gasteiger partial charge in [0.05, 0.1) is 11.7 Å². The molecule has 1 rings (SSSR count). The number of hydrogen-bond acceptors (Lipinski definition) is 3. The molecule has 0 spiro atoms. The molecule has 1 atom stereocenters. The van der Waals surface area contributed by atoms with Crippen LogP contribution in [0.2, 0.25) is 0 Å². The topological polar surface area (TPSA) is 39.1 Å². The average molecular weight is 211 g/mol. The Kier molecular flexibility index (Phi) is 5.36. The molecule has 0 amide bonds. The van der Waals surface area contributed by atoms with Crippen LogP contribution in [-0.2, 0) is 11.8 Å². The van der Waals surface area contributed by atoms with E-state index in [1.165, 1.54) is 5.69 Å². The molecule has 0 aliphatic heterocycles. The van der Waals surface area contributed by atoms with Crippen molar-refractivity contribution in [2.24, 2.45) is 7.05 Å². The Morgan fingerprint density at radius 2 is 2.33 bits per heavy atom. The molecule has 15 heavy (non-hydrogen) atoms. The average Bonchev–Trinajstić information content (AvgIpc) is 2.64. The number of nitrogens with one attached hydrogen (secondary N) is 1. The quantitative estimate of drug-likeness (QED) is 0.695. The van der Waals surface area contributed by atoms with E-state index in [-0.39, 0.29) is 0 Å². The molecule has 0 radical (unpaired) electrons. The molecule has 0 aliphatic carbocycles. The van der Waals surface area contributed by atoms with E-state index in [1.54, 1.807) is 0 Å². The van der Waals surface area contributed by atoms with Gasteiger partial charge in [0, 0.05) is 26.5 Å². The van der Waals surface area contributed by atoms with E-state index >= 15 is 0 Å². The first-order valence-electron chi connectivity index (χ1n) is 5.58.